The number of methoxy groups -OCH3 is 1. The number of ether oxygens (including phenoxy) is 1. The minimum Gasteiger partial charge on any atom is -0.464 e. The second-order valence-electron chi connectivity index (χ2n) is 7.98. The van der Waals surface area contributed by atoms with E-state index in [0.717, 1.165) is 11.1 Å². The molecule has 7 heteroatoms. The highest BCUT2D eigenvalue weighted by Crippen LogP contribution is 2.24. The summed E-state index contributed by atoms with van der Waals surface area (Å²) >= 11 is 0. The van der Waals surface area contributed by atoms with Gasteiger partial charge in [-0.15, -0.1) is 0 Å². The predicted molar refractivity (Wildman–Crippen MR) is 125 cm³/mol. The summed E-state index contributed by atoms with van der Waals surface area (Å²) in [6.45, 7) is 8.08. The van der Waals surface area contributed by atoms with Crippen molar-refractivity contribution in [2.24, 2.45) is 0 Å². The Balaban J connectivity index is 1.98. The smallest absolute Gasteiger partial charge is 0.354 e. The first kappa shape index (κ1) is 23.9. The Labute approximate surface area is 194 Å². The predicted octanol–water partition coefficient (Wildman–Crippen LogP) is 4.14. The van der Waals surface area contributed by atoms with E-state index in [9.17, 15) is 14.4 Å². The molecule has 3 aromatic rings. The van der Waals surface area contributed by atoms with Crippen molar-refractivity contribution in [2.75, 3.05) is 13.7 Å². The lowest BCUT2D eigenvalue weighted by molar-refractivity contribution is 0.0587. The van der Waals surface area contributed by atoms with Crippen molar-refractivity contribution in [1.82, 2.24) is 14.5 Å². The topological polar surface area (TPSA) is 81.5 Å². The summed E-state index contributed by atoms with van der Waals surface area (Å²) in [6.07, 6.45) is 3.31. The molecule has 7 nitrogen and oxygen atoms in total. The van der Waals surface area contributed by atoms with Crippen LogP contribution >= 0.6 is 0 Å². The molecule has 3 rings (SSSR count). The molecule has 0 saturated heterocycles. The first-order chi connectivity index (χ1) is 15.8. The average Bonchev–Trinajstić information content (AvgIpc) is 3.08. The quantitative estimate of drug-likeness (QED) is 0.383. The number of hydrogen-bond acceptors (Lipinski definition) is 5. The van der Waals surface area contributed by atoms with E-state index in [1.165, 1.54) is 12.0 Å². The normalized spacial score (nSPS) is 10.7. The number of ketones is 1. The number of nitrogens with zero attached hydrogens (tertiary/aromatic N) is 3. The highest BCUT2D eigenvalue weighted by molar-refractivity contribution is 6.06. The lowest BCUT2D eigenvalue weighted by atomic mass is 10.0. The standard InChI is InChI=1S/C26H29N3O4/c1-6-29-19(4)23(18(3)24(29)26(32)33-5)22(30)16-28(15-20-11-13-27-14-12-20)25(31)21-9-7-17(2)8-10-21/h7-14H,6,15-16H2,1-5H3. The number of esters is 1. The third-order valence-electron chi connectivity index (χ3n) is 5.78. The maximum Gasteiger partial charge on any atom is 0.354 e. The molecule has 0 spiro atoms. The fraction of sp³-hybridized carbons (Fsp3) is 0.308. The first-order valence-corrected chi connectivity index (χ1v) is 10.8. The maximum absolute atomic E-state index is 13.5. The van der Waals surface area contributed by atoms with Gasteiger partial charge in [0.2, 0.25) is 0 Å². The van der Waals surface area contributed by atoms with E-state index in [0.29, 0.717) is 34.6 Å². The number of benzene rings is 1. The van der Waals surface area contributed by atoms with Gasteiger partial charge in [0, 0.05) is 42.3 Å². The largest absolute Gasteiger partial charge is 0.464 e. The van der Waals surface area contributed by atoms with E-state index < -0.39 is 5.97 Å². The van der Waals surface area contributed by atoms with Crippen LogP contribution in [-0.4, -0.2) is 45.8 Å². The summed E-state index contributed by atoms with van der Waals surface area (Å²) in [6, 6.07) is 10.9. The number of amides is 1. The molecule has 1 amide bonds. The van der Waals surface area contributed by atoms with Crippen LogP contribution in [0.25, 0.3) is 0 Å². The molecule has 0 atom stereocenters. The number of rotatable bonds is 8. The molecule has 0 aliphatic heterocycles. The molecule has 33 heavy (non-hydrogen) atoms. The van der Waals surface area contributed by atoms with Crippen molar-refractivity contribution in [3.05, 3.63) is 88.0 Å². The van der Waals surface area contributed by atoms with Crippen LogP contribution in [0.3, 0.4) is 0 Å². The number of hydrogen-bond donors (Lipinski definition) is 0. The number of aryl methyl sites for hydroxylation is 1. The van der Waals surface area contributed by atoms with Gasteiger partial charge in [0.05, 0.1) is 13.7 Å². The van der Waals surface area contributed by atoms with Crippen LogP contribution in [0.5, 0.6) is 0 Å². The molecule has 2 heterocycles. The van der Waals surface area contributed by atoms with Gasteiger partial charge in [-0.05, 0) is 63.1 Å². The molecule has 2 aromatic heterocycles. The van der Waals surface area contributed by atoms with Gasteiger partial charge >= 0.3 is 5.97 Å². The van der Waals surface area contributed by atoms with Gasteiger partial charge in [0.15, 0.2) is 5.78 Å². The van der Waals surface area contributed by atoms with E-state index in [1.807, 2.05) is 45.0 Å². The van der Waals surface area contributed by atoms with E-state index >= 15 is 0 Å². The van der Waals surface area contributed by atoms with Gasteiger partial charge < -0.3 is 14.2 Å². The van der Waals surface area contributed by atoms with Crippen LogP contribution in [0.15, 0.2) is 48.8 Å². The van der Waals surface area contributed by atoms with Crippen LogP contribution in [0.4, 0.5) is 0 Å². The van der Waals surface area contributed by atoms with Gasteiger partial charge in [0.25, 0.3) is 5.91 Å². The Kier molecular flexibility index (Phi) is 7.43. The van der Waals surface area contributed by atoms with E-state index in [2.05, 4.69) is 4.98 Å². The van der Waals surface area contributed by atoms with Crippen LogP contribution < -0.4 is 0 Å². The zero-order chi connectivity index (χ0) is 24.1. The minimum absolute atomic E-state index is 0.120. The zero-order valence-corrected chi connectivity index (χ0v) is 19.7. The average molecular weight is 448 g/mol. The summed E-state index contributed by atoms with van der Waals surface area (Å²) in [5.41, 5.74) is 4.50. The third-order valence-corrected chi connectivity index (χ3v) is 5.78. The maximum atomic E-state index is 13.5. The SMILES string of the molecule is CCn1c(C)c(C(=O)CN(Cc2ccncc2)C(=O)c2ccc(C)cc2)c(C)c1C(=O)OC. The molecule has 0 unspecified atom stereocenters. The molecule has 0 N–H and O–H groups in total. The van der Waals surface area contributed by atoms with Crippen molar-refractivity contribution in [1.29, 1.82) is 0 Å². The second-order valence-corrected chi connectivity index (χ2v) is 7.98. The first-order valence-electron chi connectivity index (χ1n) is 10.8. The van der Waals surface area contributed by atoms with Crippen LogP contribution in [0, 0.1) is 20.8 Å². The number of pyridine rings is 1. The van der Waals surface area contributed by atoms with Crippen molar-refractivity contribution in [3.63, 3.8) is 0 Å². The monoisotopic (exact) mass is 447 g/mol. The number of aromatic nitrogens is 2. The van der Waals surface area contributed by atoms with E-state index in [1.54, 1.807) is 36.0 Å². The Morgan fingerprint density at radius 1 is 1.00 bits per heavy atom. The van der Waals surface area contributed by atoms with Gasteiger partial charge in [0.1, 0.15) is 5.69 Å². The molecule has 0 bridgehead atoms. The summed E-state index contributed by atoms with van der Waals surface area (Å²) in [7, 11) is 1.32. The zero-order valence-electron chi connectivity index (χ0n) is 19.7. The van der Waals surface area contributed by atoms with Crippen molar-refractivity contribution in [3.8, 4) is 0 Å². The van der Waals surface area contributed by atoms with Gasteiger partial charge in [-0.3, -0.25) is 14.6 Å². The number of carbonyl (C=O) groups excluding carboxylic acids is 3. The molecule has 0 saturated carbocycles. The van der Waals surface area contributed by atoms with E-state index in [-0.39, 0.29) is 24.8 Å². The summed E-state index contributed by atoms with van der Waals surface area (Å²) in [5.74, 6) is -0.948. The fourth-order valence-electron chi connectivity index (χ4n) is 4.10. The Hall–Kier alpha value is -3.74. The van der Waals surface area contributed by atoms with Crippen molar-refractivity contribution >= 4 is 17.7 Å². The van der Waals surface area contributed by atoms with Crippen LogP contribution in [-0.2, 0) is 17.8 Å². The lowest BCUT2D eigenvalue weighted by Crippen LogP contribution is -2.35. The fourth-order valence-corrected chi connectivity index (χ4v) is 4.10. The third kappa shape index (κ3) is 5.03. The number of Topliss-reactive ketones (excluding diaryl/α,β-unsaturated/α-hetero) is 1. The van der Waals surface area contributed by atoms with Crippen molar-refractivity contribution < 1.29 is 19.1 Å². The molecule has 0 radical (unpaired) electrons. The second kappa shape index (κ2) is 10.3. The molecule has 172 valence electrons. The molecular formula is C26H29N3O4. The summed E-state index contributed by atoms with van der Waals surface area (Å²) in [5, 5.41) is 0. The Bertz CT molecular complexity index is 1160. The summed E-state index contributed by atoms with van der Waals surface area (Å²) in [4.78, 5) is 44.8. The van der Waals surface area contributed by atoms with Crippen LogP contribution in [0.1, 0.15) is 60.5 Å². The van der Waals surface area contributed by atoms with Crippen LogP contribution in [0.2, 0.25) is 0 Å². The highest BCUT2D eigenvalue weighted by Gasteiger charge is 2.28. The Morgan fingerprint density at radius 3 is 2.21 bits per heavy atom. The molecule has 0 aliphatic rings. The van der Waals surface area contributed by atoms with Gasteiger partial charge in [-0.1, -0.05) is 17.7 Å². The lowest BCUT2D eigenvalue weighted by Gasteiger charge is -2.23. The molecule has 0 fully saturated rings. The minimum atomic E-state index is -0.485. The summed E-state index contributed by atoms with van der Waals surface area (Å²) < 4.78 is 6.71. The molecular weight excluding hydrogens is 418 g/mol. The van der Waals surface area contributed by atoms with E-state index in [4.69, 9.17) is 4.74 Å². The Morgan fingerprint density at radius 2 is 1.64 bits per heavy atom. The number of carbonyl (C=O) groups is 3. The van der Waals surface area contributed by atoms with Gasteiger partial charge in [-0.2, -0.15) is 0 Å². The highest BCUT2D eigenvalue weighted by atomic mass is 16.5. The van der Waals surface area contributed by atoms with Crippen molar-refractivity contribution in [2.45, 2.75) is 40.8 Å². The molecule has 0 aliphatic carbocycles. The van der Waals surface area contributed by atoms with Gasteiger partial charge in [-0.25, -0.2) is 4.79 Å². The molecule has 1 aromatic carbocycles.